The van der Waals surface area contributed by atoms with Crippen molar-refractivity contribution in [1.29, 1.82) is 0 Å². The molecule has 5 heterocycles. The molecule has 0 saturated carbocycles. The van der Waals surface area contributed by atoms with Crippen molar-refractivity contribution < 1.29 is 28.3 Å². The number of piperidine rings is 2. The van der Waals surface area contributed by atoms with E-state index in [-0.39, 0.29) is 42.7 Å². The molecule has 4 aliphatic rings. The fraction of sp³-hybridized carbons (Fsp3) is 0.564. The SMILES string of the molecule is C[C@H]1[C@H]([Si](C)(C)F)[C@@H](CCn2cc(CCO)nn2)O[C@]12C(=O)N(Cc1cccc(NC(=O)C3CCCNC3)c1)c1ccc(NC(=O)C3CCCNC3)cc12. The first-order valence-electron chi connectivity index (χ1n) is 19.4. The van der Waals surface area contributed by atoms with Gasteiger partial charge in [0.05, 0.1) is 35.9 Å². The smallest absolute Gasteiger partial charge is 0.264 e. The van der Waals surface area contributed by atoms with Gasteiger partial charge in [-0.15, -0.1) is 5.10 Å². The zero-order valence-corrected chi connectivity index (χ0v) is 32.4. The molecule has 2 aromatic carbocycles. The Bertz CT molecular complexity index is 1840. The van der Waals surface area contributed by atoms with E-state index in [1.165, 1.54) is 0 Å². The first-order valence-corrected chi connectivity index (χ1v) is 22.4. The second kappa shape index (κ2) is 16.0. The molecule has 3 saturated heterocycles. The van der Waals surface area contributed by atoms with Crippen molar-refractivity contribution in [2.75, 3.05) is 48.3 Å². The standard InChI is InChI=1S/C39H53FN8O5Si/c1-25-35(54(2,3)40)34(13-17-47-24-31(14-18-49)45-46-47)53-39(25)32-20-30(44-37(51)28-9-6-16-42-22-28)11-12-33(32)48(38(39)52)23-26-7-4-10-29(19-26)43-36(50)27-8-5-15-41-21-27/h4,7,10-12,19-20,24-25,27-28,34-35,41-42,49H,5-6,8-9,13-18,21-23H2,1-3H3,(H,43,50)(H,44,51)/t25-,27?,28?,34+,35-,39+/m0/s1. The summed E-state index contributed by atoms with van der Waals surface area (Å²) >= 11 is 0. The van der Waals surface area contributed by atoms with Crippen molar-refractivity contribution in [3.63, 3.8) is 0 Å². The van der Waals surface area contributed by atoms with Crippen LogP contribution in [-0.4, -0.2) is 85.1 Å². The molecule has 1 spiro atoms. The number of nitrogens with zero attached hydrogens (tertiary/aromatic N) is 4. The van der Waals surface area contributed by atoms with Crippen LogP contribution in [0.15, 0.2) is 48.7 Å². The molecule has 3 aromatic rings. The Balaban J connectivity index is 1.20. The highest BCUT2D eigenvalue weighted by Gasteiger charge is 2.66. The van der Waals surface area contributed by atoms with E-state index < -0.39 is 31.6 Å². The van der Waals surface area contributed by atoms with E-state index in [9.17, 15) is 14.7 Å². The van der Waals surface area contributed by atoms with Gasteiger partial charge in [0.2, 0.25) is 20.2 Å². The van der Waals surface area contributed by atoms with E-state index in [4.69, 9.17) is 4.74 Å². The van der Waals surface area contributed by atoms with Crippen LogP contribution in [0.2, 0.25) is 18.6 Å². The number of aliphatic hydroxyl groups excluding tert-OH is 1. The largest absolute Gasteiger partial charge is 0.396 e. The summed E-state index contributed by atoms with van der Waals surface area (Å²) in [6.07, 6.45) is 5.48. The van der Waals surface area contributed by atoms with Crippen LogP contribution in [0.25, 0.3) is 0 Å². The van der Waals surface area contributed by atoms with Gasteiger partial charge in [0, 0.05) is 67.3 Å². The summed E-state index contributed by atoms with van der Waals surface area (Å²) in [5.41, 5.74) is 1.96. The molecule has 15 heteroatoms. The lowest BCUT2D eigenvalue weighted by molar-refractivity contribution is -0.146. The van der Waals surface area contributed by atoms with Crippen LogP contribution in [0.5, 0.6) is 0 Å². The van der Waals surface area contributed by atoms with Crippen LogP contribution in [-0.2, 0) is 44.2 Å². The van der Waals surface area contributed by atoms with Crippen molar-refractivity contribution in [2.45, 2.75) is 88.9 Å². The number of nitrogens with one attached hydrogen (secondary N) is 4. The highest BCUT2D eigenvalue weighted by molar-refractivity contribution is 6.72. The summed E-state index contributed by atoms with van der Waals surface area (Å²) in [6, 6.07) is 13.1. The molecule has 5 N–H and O–H groups in total. The number of rotatable bonds is 12. The van der Waals surface area contributed by atoms with Gasteiger partial charge in [-0.05, 0) is 94.2 Å². The number of hydrogen-bond donors (Lipinski definition) is 5. The number of ether oxygens (including phenoxy) is 1. The molecule has 0 bridgehead atoms. The Hall–Kier alpha value is -4.02. The number of aryl methyl sites for hydroxylation is 1. The molecular weight excluding hydrogens is 708 g/mol. The van der Waals surface area contributed by atoms with E-state index in [1.54, 1.807) is 28.9 Å². The maximum atomic E-state index is 16.5. The maximum absolute atomic E-state index is 16.5. The number of carbonyl (C=O) groups excluding carboxylic acids is 3. The summed E-state index contributed by atoms with van der Waals surface area (Å²) in [6.45, 7) is 8.91. The molecule has 3 amide bonds. The molecule has 7 rings (SSSR count). The second-order valence-electron chi connectivity index (χ2n) is 15.9. The number of hydrogen-bond acceptors (Lipinski definition) is 9. The van der Waals surface area contributed by atoms with Crippen molar-refractivity contribution in [2.24, 2.45) is 17.8 Å². The fourth-order valence-electron chi connectivity index (χ4n) is 9.06. The van der Waals surface area contributed by atoms with Gasteiger partial charge in [0.1, 0.15) is 0 Å². The Morgan fingerprint density at radius 3 is 2.35 bits per heavy atom. The van der Waals surface area contributed by atoms with Crippen molar-refractivity contribution in [1.82, 2.24) is 25.6 Å². The lowest BCUT2D eigenvalue weighted by Gasteiger charge is -2.31. The second-order valence-corrected chi connectivity index (χ2v) is 19.7. The lowest BCUT2D eigenvalue weighted by Crippen LogP contribution is -2.45. The zero-order valence-electron chi connectivity index (χ0n) is 31.4. The third-order valence-electron chi connectivity index (χ3n) is 11.7. The Kier molecular flexibility index (Phi) is 11.3. The minimum absolute atomic E-state index is 0.0294. The van der Waals surface area contributed by atoms with Crippen molar-refractivity contribution >= 4 is 43.2 Å². The molecule has 4 aliphatic heterocycles. The van der Waals surface area contributed by atoms with E-state index >= 15 is 8.90 Å². The van der Waals surface area contributed by atoms with Gasteiger partial charge in [-0.2, -0.15) is 0 Å². The number of carbonyl (C=O) groups is 3. The van der Waals surface area contributed by atoms with Crippen LogP contribution < -0.4 is 26.2 Å². The number of anilines is 3. The van der Waals surface area contributed by atoms with E-state index in [0.29, 0.717) is 60.8 Å². The van der Waals surface area contributed by atoms with Gasteiger partial charge in [-0.25, -0.2) is 0 Å². The molecule has 54 heavy (non-hydrogen) atoms. The average Bonchev–Trinajstić information content (AvgIpc) is 3.81. The lowest BCUT2D eigenvalue weighted by atomic mass is 9.82. The summed E-state index contributed by atoms with van der Waals surface area (Å²) in [5, 5.41) is 30.4. The van der Waals surface area contributed by atoms with Crippen LogP contribution in [0, 0.1) is 17.8 Å². The van der Waals surface area contributed by atoms with Crippen LogP contribution in [0.1, 0.15) is 55.8 Å². The molecule has 13 nitrogen and oxygen atoms in total. The highest BCUT2D eigenvalue weighted by atomic mass is 28.4. The van der Waals surface area contributed by atoms with E-state index in [0.717, 1.165) is 44.3 Å². The normalized spacial score (nSPS) is 26.9. The summed E-state index contributed by atoms with van der Waals surface area (Å²) in [4.78, 5) is 43.2. The number of fused-ring (bicyclic) bond motifs is 2. The fourth-order valence-corrected chi connectivity index (χ4v) is 11.6. The van der Waals surface area contributed by atoms with Crippen molar-refractivity contribution in [3.05, 3.63) is 65.5 Å². The van der Waals surface area contributed by atoms with Crippen molar-refractivity contribution in [3.8, 4) is 0 Å². The van der Waals surface area contributed by atoms with Crippen LogP contribution >= 0.6 is 0 Å². The minimum Gasteiger partial charge on any atom is -0.396 e. The summed E-state index contributed by atoms with van der Waals surface area (Å²) in [7, 11) is -3.43. The minimum atomic E-state index is -3.43. The first-order chi connectivity index (χ1) is 26.0. The zero-order chi connectivity index (χ0) is 38.0. The van der Waals surface area contributed by atoms with Crippen LogP contribution in [0.3, 0.4) is 0 Å². The summed E-state index contributed by atoms with van der Waals surface area (Å²) < 4.78 is 25.2. The quantitative estimate of drug-likeness (QED) is 0.135. The van der Waals surface area contributed by atoms with E-state index in [2.05, 4.69) is 31.6 Å². The van der Waals surface area contributed by atoms with E-state index in [1.807, 2.05) is 49.4 Å². The summed E-state index contributed by atoms with van der Waals surface area (Å²) in [5.74, 6) is -1.17. The molecule has 1 aromatic heterocycles. The first kappa shape index (κ1) is 38.3. The van der Waals surface area contributed by atoms with Crippen LogP contribution in [0.4, 0.5) is 21.2 Å². The van der Waals surface area contributed by atoms with Gasteiger partial charge in [-0.3, -0.25) is 19.1 Å². The molecule has 3 fully saturated rings. The number of aromatic nitrogens is 3. The molecule has 0 radical (unpaired) electrons. The topological polar surface area (TPSA) is 163 Å². The number of aliphatic hydroxyl groups is 1. The molecule has 2 unspecified atom stereocenters. The number of halogens is 1. The van der Waals surface area contributed by atoms with Gasteiger partial charge in [0.25, 0.3) is 5.91 Å². The third-order valence-corrected chi connectivity index (χ3v) is 14.2. The predicted octanol–water partition coefficient (Wildman–Crippen LogP) is 4.10. The molecule has 290 valence electrons. The Labute approximate surface area is 317 Å². The molecular formula is C39H53FN8O5Si. The maximum Gasteiger partial charge on any atom is 0.264 e. The molecule has 0 aliphatic carbocycles. The monoisotopic (exact) mass is 760 g/mol. The third kappa shape index (κ3) is 7.74. The van der Waals surface area contributed by atoms with Gasteiger partial charge in [-0.1, -0.05) is 24.3 Å². The average molecular weight is 761 g/mol. The number of amides is 3. The predicted molar refractivity (Wildman–Crippen MR) is 206 cm³/mol. The van der Waals surface area contributed by atoms with Gasteiger partial charge < -0.3 is 40.1 Å². The van der Waals surface area contributed by atoms with Gasteiger partial charge >= 0.3 is 0 Å². The highest BCUT2D eigenvalue weighted by Crippen LogP contribution is 2.60. The Morgan fingerprint density at radius 1 is 1.04 bits per heavy atom. The molecule has 6 atom stereocenters. The van der Waals surface area contributed by atoms with Gasteiger partial charge in [0.15, 0.2) is 5.60 Å². The number of benzene rings is 2. The Morgan fingerprint density at radius 2 is 1.72 bits per heavy atom.